The van der Waals surface area contributed by atoms with Crippen LogP contribution in [0.25, 0.3) is 11.5 Å². The minimum atomic E-state index is 0.620. The van der Waals surface area contributed by atoms with Crippen molar-refractivity contribution < 1.29 is 4.42 Å². The zero-order valence-electron chi connectivity index (χ0n) is 12.0. The molecule has 1 saturated heterocycles. The summed E-state index contributed by atoms with van der Waals surface area (Å²) in [7, 11) is 0. The second kappa shape index (κ2) is 6.18. The highest BCUT2D eigenvalue weighted by Crippen LogP contribution is 2.19. The molecule has 0 radical (unpaired) electrons. The maximum atomic E-state index is 5.79. The molecule has 0 bridgehead atoms. The Bertz CT molecular complexity index is 539. The Labute approximate surface area is 119 Å². The molecular formula is C16H21N3O. The molecule has 3 rings (SSSR count). The zero-order chi connectivity index (χ0) is 13.8. The van der Waals surface area contributed by atoms with E-state index in [4.69, 9.17) is 4.42 Å². The molecule has 0 aliphatic carbocycles. The molecule has 0 spiro atoms. The molecule has 106 valence electrons. The number of benzene rings is 1. The van der Waals surface area contributed by atoms with Crippen molar-refractivity contribution >= 4 is 0 Å². The lowest BCUT2D eigenvalue weighted by molar-refractivity contribution is 0.249. The number of aryl methyl sites for hydroxylation is 1. The molecule has 0 N–H and O–H groups in total. The first-order valence-corrected chi connectivity index (χ1v) is 7.43. The molecule has 4 heteroatoms. The van der Waals surface area contributed by atoms with Gasteiger partial charge >= 0.3 is 0 Å². The molecule has 0 saturated carbocycles. The summed E-state index contributed by atoms with van der Waals surface area (Å²) in [6, 6.07) is 8.18. The third kappa shape index (κ3) is 3.25. The van der Waals surface area contributed by atoms with Crippen molar-refractivity contribution in [3.63, 3.8) is 0 Å². The van der Waals surface area contributed by atoms with E-state index in [0.29, 0.717) is 5.89 Å². The van der Waals surface area contributed by atoms with Gasteiger partial charge in [0.25, 0.3) is 0 Å². The predicted octanol–water partition coefficient (Wildman–Crippen LogP) is 3.42. The fraction of sp³-hybridized carbons (Fsp3) is 0.500. The lowest BCUT2D eigenvalue weighted by Gasteiger charge is -2.16. The Hall–Kier alpha value is -1.68. The van der Waals surface area contributed by atoms with E-state index in [9.17, 15) is 0 Å². The van der Waals surface area contributed by atoms with Crippen LogP contribution in [0.3, 0.4) is 0 Å². The molecule has 2 heterocycles. The molecule has 1 aromatic carbocycles. The fourth-order valence-electron chi connectivity index (χ4n) is 2.62. The maximum Gasteiger partial charge on any atom is 0.247 e. The van der Waals surface area contributed by atoms with Crippen LogP contribution in [-0.2, 0) is 6.54 Å². The molecule has 20 heavy (non-hydrogen) atoms. The van der Waals surface area contributed by atoms with Crippen molar-refractivity contribution in [3.8, 4) is 11.5 Å². The third-order valence-electron chi connectivity index (χ3n) is 3.82. The van der Waals surface area contributed by atoms with Crippen LogP contribution in [0.5, 0.6) is 0 Å². The summed E-state index contributed by atoms with van der Waals surface area (Å²) in [5.41, 5.74) is 2.23. The van der Waals surface area contributed by atoms with Crippen molar-refractivity contribution in [1.82, 2.24) is 15.1 Å². The Kier molecular flexibility index (Phi) is 4.11. The van der Waals surface area contributed by atoms with E-state index in [-0.39, 0.29) is 0 Å². The van der Waals surface area contributed by atoms with E-state index >= 15 is 0 Å². The number of hydrogen-bond donors (Lipinski definition) is 0. The van der Waals surface area contributed by atoms with E-state index in [2.05, 4.69) is 34.2 Å². The highest BCUT2D eigenvalue weighted by molar-refractivity contribution is 5.52. The quantitative estimate of drug-likeness (QED) is 0.857. The standard InChI is InChI=1S/C16H21N3O/c1-13-6-8-14(9-7-13)16-18-17-15(20-16)12-19-10-4-2-3-5-11-19/h6-9H,2-5,10-12H2,1H3. The van der Waals surface area contributed by atoms with Crippen LogP contribution in [0, 0.1) is 6.92 Å². The molecule has 0 atom stereocenters. The van der Waals surface area contributed by atoms with Gasteiger partial charge in [-0.05, 0) is 45.0 Å². The van der Waals surface area contributed by atoms with Crippen LogP contribution in [0.15, 0.2) is 28.7 Å². The third-order valence-corrected chi connectivity index (χ3v) is 3.82. The van der Waals surface area contributed by atoms with Gasteiger partial charge in [0.15, 0.2) is 0 Å². The molecule has 0 unspecified atom stereocenters. The predicted molar refractivity (Wildman–Crippen MR) is 78.2 cm³/mol. The molecule has 2 aromatic rings. The van der Waals surface area contributed by atoms with Gasteiger partial charge in [0.05, 0.1) is 6.54 Å². The van der Waals surface area contributed by atoms with Crippen LogP contribution < -0.4 is 0 Å². The van der Waals surface area contributed by atoms with Crippen molar-refractivity contribution in [2.75, 3.05) is 13.1 Å². The largest absolute Gasteiger partial charge is 0.419 e. The van der Waals surface area contributed by atoms with Gasteiger partial charge in [-0.1, -0.05) is 30.5 Å². The Balaban J connectivity index is 1.68. The van der Waals surface area contributed by atoms with E-state index in [1.807, 2.05) is 12.1 Å². The van der Waals surface area contributed by atoms with Gasteiger partial charge in [-0.2, -0.15) is 0 Å². The summed E-state index contributed by atoms with van der Waals surface area (Å²) in [5.74, 6) is 1.34. The summed E-state index contributed by atoms with van der Waals surface area (Å²) in [4.78, 5) is 2.42. The van der Waals surface area contributed by atoms with Crippen LogP contribution in [0.2, 0.25) is 0 Å². The Morgan fingerprint density at radius 3 is 2.40 bits per heavy atom. The number of aromatic nitrogens is 2. The number of hydrogen-bond acceptors (Lipinski definition) is 4. The highest BCUT2D eigenvalue weighted by atomic mass is 16.4. The van der Waals surface area contributed by atoms with Gasteiger partial charge in [0.1, 0.15) is 0 Å². The summed E-state index contributed by atoms with van der Waals surface area (Å²) in [6.07, 6.45) is 5.24. The normalized spacial score (nSPS) is 17.1. The monoisotopic (exact) mass is 271 g/mol. The van der Waals surface area contributed by atoms with Crippen molar-refractivity contribution in [2.45, 2.75) is 39.2 Å². The summed E-state index contributed by atoms with van der Waals surface area (Å²) in [5, 5.41) is 8.34. The minimum absolute atomic E-state index is 0.620. The van der Waals surface area contributed by atoms with Crippen LogP contribution >= 0.6 is 0 Å². The van der Waals surface area contributed by atoms with Gasteiger partial charge < -0.3 is 4.42 Å². The zero-order valence-corrected chi connectivity index (χ0v) is 12.0. The molecular weight excluding hydrogens is 250 g/mol. The lowest BCUT2D eigenvalue weighted by Crippen LogP contribution is -2.24. The van der Waals surface area contributed by atoms with E-state index in [1.165, 1.54) is 31.2 Å². The molecule has 1 aromatic heterocycles. The van der Waals surface area contributed by atoms with Crippen molar-refractivity contribution in [1.29, 1.82) is 0 Å². The second-order valence-corrected chi connectivity index (χ2v) is 5.56. The van der Waals surface area contributed by atoms with Gasteiger partial charge in [-0.3, -0.25) is 4.90 Å². The van der Waals surface area contributed by atoms with E-state index in [1.54, 1.807) is 0 Å². The van der Waals surface area contributed by atoms with Gasteiger partial charge in [-0.25, -0.2) is 0 Å². The van der Waals surface area contributed by atoms with Crippen molar-refractivity contribution in [2.24, 2.45) is 0 Å². The van der Waals surface area contributed by atoms with Crippen molar-refractivity contribution in [3.05, 3.63) is 35.7 Å². The molecule has 0 amide bonds. The minimum Gasteiger partial charge on any atom is -0.419 e. The lowest BCUT2D eigenvalue weighted by atomic mass is 10.1. The second-order valence-electron chi connectivity index (χ2n) is 5.56. The van der Waals surface area contributed by atoms with Crippen LogP contribution in [0.4, 0.5) is 0 Å². The number of nitrogens with zero attached hydrogens (tertiary/aromatic N) is 3. The smallest absolute Gasteiger partial charge is 0.247 e. The summed E-state index contributed by atoms with van der Waals surface area (Å²) < 4.78 is 5.79. The number of rotatable bonds is 3. The SMILES string of the molecule is Cc1ccc(-c2nnc(CN3CCCCCC3)o2)cc1. The van der Waals surface area contributed by atoms with Crippen LogP contribution in [0.1, 0.15) is 37.1 Å². The maximum absolute atomic E-state index is 5.79. The fourth-order valence-corrected chi connectivity index (χ4v) is 2.62. The van der Waals surface area contributed by atoms with Gasteiger partial charge in [0, 0.05) is 5.56 Å². The Morgan fingerprint density at radius 1 is 1.00 bits per heavy atom. The first-order chi connectivity index (χ1) is 9.81. The summed E-state index contributed by atoms with van der Waals surface area (Å²) >= 11 is 0. The topological polar surface area (TPSA) is 42.2 Å². The first-order valence-electron chi connectivity index (χ1n) is 7.43. The van der Waals surface area contributed by atoms with Crippen LogP contribution in [-0.4, -0.2) is 28.2 Å². The average Bonchev–Trinajstić information content (AvgIpc) is 2.76. The van der Waals surface area contributed by atoms with E-state index < -0.39 is 0 Å². The van der Waals surface area contributed by atoms with Gasteiger partial charge in [-0.15, -0.1) is 10.2 Å². The van der Waals surface area contributed by atoms with E-state index in [0.717, 1.165) is 31.1 Å². The highest BCUT2D eigenvalue weighted by Gasteiger charge is 2.14. The molecule has 1 aliphatic rings. The first kappa shape index (κ1) is 13.3. The molecule has 1 aliphatic heterocycles. The average molecular weight is 271 g/mol. The Morgan fingerprint density at radius 2 is 1.70 bits per heavy atom. The number of likely N-dealkylation sites (tertiary alicyclic amines) is 1. The molecule has 4 nitrogen and oxygen atoms in total. The summed E-state index contributed by atoms with van der Waals surface area (Å²) in [6.45, 7) is 5.13. The molecule has 1 fully saturated rings. The van der Waals surface area contributed by atoms with Gasteiger partial charge in [0.2, 0.25) is 11.8 Å².